The van der Waals surface area contributed by atoms with E-state index in [1.54, 1.807) is 11.1 Å². The molecular formula is C20H24INS. The summed E-state index contributed by atoms with van der Waals surface area (Å²) in [6, 6.07) is 8.86. The lowest BCUT2D eigenvalue weighted by Gasteiger charge is -2.31. The topological polar surface area (TPSA) is 3.88 Å². The molecule has 0 spiro atoms. The Bertz CT molecular complexity index is 810. The molecule has 1 aromatic carbocycles. The third kappa shape index (κ3) is 3.14. The molecule has 1 aliphatic heterocycles. The molecular weight excluding hydrogens is 413 g/mol. The maximum Gasteiger partial charge on any atom is 0.266 e. The fourth-order valence-electron chi connectivity index (χ4n) is 4.23. The second kappa shape index (κ2) is 6.32. The molecule has 3 heteroatoms. The number of aromatic nitrogens is 1. The molecule has 1 aromatic heterocycles. The minimum absolute atomic E-state index is 0. The first-order valence-corrected chi connectivity index (χ1v) is 9.16. The summed E-state index contributed by atoms with van der Waals surface area (Å²) < 4.78 is 3.98. The van der Waals surface area contributed by atoms with Crippen LogP contribution in [-0.4, -0.2) is 0 Å². The molecule has 0 N–H and O–H groups in total. The largest absolute Gasteiger partial charge is 1.00 e. The Morgan fingerprint density at radius 2 is 1.91 bits per heavy atom. The zero-order valence-corrected chi connectivity index (χ0v) is 17.1. The second-order valence-electron chi connectivity index (χ2n) is 7.64. The van der Waals surface area contributed by atoms with Gasteiger partial charge in [-0.1, -0.05) is 49.0 Å². The van der Waals surface area contributed by atoms with Crippen molar-refractivity contribution in [3.63, 3.8) is 0 Å². The predicted octanol–water partition coefficient (Wildman–Crippen LogP) is 2.51. The summed E-state index contributed by atoms with van der Waals surface area (Å²) in [4.78, 5) is 0. The van der Waals surface area contributed by atoms with Crippen molar-refractivity contribution in [1.29, 1.82) is 0 Å². The summed E-state index contributed by atoms with van der Waals surface area (Å²) in [5.41, 5.74) is 6.56. The highest BCUT2D eigenvalue weighted by atomic mass is 127. The fourth-order valence-corrected chi connectivity index (χ4v) is 5.52. The number of nitrogens with zero attached hydrogens (tertiary/aromatic N) is 1. The van der Waals surface area contributed by atoms with Crippen molar-refractivity contribution >= 4 is 27.1 Å². The minimum Gasteiger partial charge on any atom is -1.00 e. The molecule has 0 unspecified atom stereocenters. The molecule has 0 amide bonds. The molecule has 2 heterocycles. The van der Waals surface area contributed by atoms with E-state index in [-0.39, 0.29) is 24.0 Å². The second-order valence-corrected chi connectivity index (χ2v) is 8.67. The first-order chi connectivity index (χ1) is 10.5. The van der Waals surface area contributed by atoms with Crippen molar-refractivity contribution < 1.29 is 28.5 Å². The third-order valence-electron chi connectivity index (χ3n) is 4.91. The van der Waals surface area contributed by atoms with E-state index >= 15 is 0 Å². The van der Waals surface area contributed by atoms with Crippen LogP contribution < -0.4 is 28.5 Å². The molecule has 0 bridgehead atoms. The third-order valence-corrected chi connectivity index (χ3v) is 6.13. The number of halogens is 1. The maximum atomic E-state index is 2.55. The fraction of sp³-hybridized carbons (Fsp3) is 0.450. The van der Waals surface area contributed by atoms with Crippen molar-refractivity contribution in [2.45, 2.75) is 53.0 Å². The number of rotatable bonds is 0. The minimum atomic E-state index is 0. The molecule has 0 saturated carbocycles. The average molecular weight is 437 g/mol. The van der Waals surface area contributed by atoms with Gasteiger partial charge >= 0.3 is 0 Å². The van der Waals surface area contributed by atoms with Crippen LogP contribution in [0.15, 0.2) is 41.5 Å². The van der Waals surface area contributed by atoms with Crippen LogP contribution in [-0.2, 0) is 6.54 Å². The number of aryl methyl sites for hydroxylation is 1. The quantitative estimate of drug-likeness (QED) is 0.441. The van der Waals surface area contributed by atoms with Crippen molar-refractivity contribution in [2.24, 2.45) is 5.41 Å². The summed E-state index contributed by atoms with van der Waals surface area (Å²) >= 11 is 1.98. The molecule has 0 fully saturated rings. The van der Waals surface area contributed by atoms with Crippen LogP contribution in [0.1, 0.15) is 51.5 Å². The van der Waals surface area contributed by atoms with Crippen molar-refractivity contribution in [3.05, 3.63) is 46.5 Å². The summed E-state index contributed by atoms with van der Waals surface area (Å²) in [6.45, 7) is 8.28. The van der Waals surface area contributed by atoms with Crippen molar-refractivity contribution in [3.8, 4) is 0 Å². The number of para-hydroxylation sites is 1. The van der Waals surface area contributed by atoms with Crippen molar-refractivity contribution in [1.82, 2.24) is 0 Å². The molecule has 2 aromatic rings. The van der Waals surface area contributed by atoms with E-state index < -0.39 is 0 Å². The number of benzene rings is 1. The average Bonchev–Trinajstić information content (AvgIpc) is 2.83. The van der Waals surface area contributed by atoms with Gasteiger partial charge in [-0.2, -0.15) is 4.57 Å². The highest BCUT2D eigenvalue weighted by molar-refractivity contribution is 7.19. The molecule has 1 aliphatic carbocycles. The van der Waals surface area contributed by atoms with E-state index in [2.05, 4.69) is 55.7 Å². The Hall–Kier alpha value is -0.680. The van der Waals surface area contributed by atoms with Crippen LogP contribution in [0.5, 0.6) is 0 Å². The Kier molecular flexibility index (Phi) is 4.71. The number of thiazole rings is 1. The molecule has 0 atom stereocenters. The van der Waals surface area contributed by atoms with E-state index in [1.165, 1.54) is 53.0 Å². The van der Waals surface area contributed by atoms with E-state index in [4.69, 9.17) is 0 Å². The molecule has 1 nitrogen and oxygen atoms in total. The molecule has 4 rings (SSSR count). The lowest BCUT2D eigenvalue weighted by molar-refractivity contribution is -0.672. The van der Waals surface area contributed by atoms with Gasteiger partial charge in [-0.25, -0.2) is 0 Å². The lowest BCUT2D eigenvalue weighted by Crippen LogP contribution is -3.00. The molecule has 122 valence electrons. The van der Waals surface area contributed by atoms with Gasteiger partial charge in [0.2, 0.25) is 5.52 Å². The van der Waals surface area contributed by atoms with Gasteiger partial charge in [0.25, 0.3) is 5.01 Å². The van der Waals surface area contributed by atoms with Crippen LogP contribution in [0.25, 0.3) is 15.8 Å². The predicted molar refractivity (Wildman–Crippen MR) is 94.9 cm³/mol. The first kappa shape index (κ1) is 17.2. The summed E-state index contributed by atoms with van der Waals surface area (Å²) in [5, 5.41) is 1.50. The van der Waals surface area contributed by atoms with Gasteiger partial charge in [0.05, 0.1) is 0 Å². The van der Waals surface area contributed by atoms with E-state index in [9.17, 15) is 0 Å². The van der Waals surface area contributed by atoms with Crippen LogP contribution in [0.2, 0.25) is 0 Å². The SMILES string of the molecule is CC1=C/C(=C2\CCC[n+]3c2sc2ccccc23)CC(C)(C)C1.[I-]. The lowest BCUT2D eigenvalue weighted by atomic mass is 9.74. The van der Waals surface area contributed by atoms with Crippen molar-refractivity contribution in [2.75, 3.05) is 0 Å². The Balaban J connectivity index is 0.00000156. The highest BCUT2D eigenvalue weighted by Crippen LogP contribution is 2.43. The number of hydrogen-bond donors (Lipinski definition) is 0. The number of fused-ring (bicyclic) bond motifs is 3. The van der Waals surface area contributed by atoms with Gasteiger partial charge in [0.1, 0.15) is 4.70 Å². The van der Waals surface area contributed by atoms with Gasteiger partial charge in [-0.15, -0.1) is 0 Å². The van der Waals surface area contributed by atoms with Crippen LogP contribution in [0.4, 0.5) is 0 Å². The summed E-state index contributed by atoms with van der Waals surface area (Å²) in [7, 11) is 0. The zero-order chi connectivity index (χ0) is 15.3. The number of allylic oxidation sites excluding steroid dienone is 4. The molecule has 0 saturated heterocycles. The Morgan fingerprint density at radius 1 is 1.13 bits per heavy atom. The zero-order valence-electron chi connectivity index (χ0n) is 14.2. The number of hydrogen-bond acceptors (Lipinski definition) is 1. The van der Waals surface area contributed by atoms with E-state index in [1.807, 2.05) is 11.3 Å². The Labute approximate surface area is 160 Å². The maximum absolute atomic E-state index is 2.55. The van der Waals surface area contributed by atoms with Crippen LogP contribution >= 0.6 is 11.3 Å². The summed E-state index contributed by atoms with van der Waals surface area (Å²) in [5.74, 6) is 0. The molecule has 23 heavy (non-hydrogen) atoms. The van der Waals surface area contributed by atoms with Gasteiger partial charge in [0, 0.05) is 18.1 Å². The smallest absolute Gasteiger partial charge is 0.266 e. The van der Waals surface area contributed by atoms with Gasteiger partial charge in [-0.05, 0) is 43.2 Å². The highest BCUT2D eigenvalue weighted by Gasteiger charge is 2.32. The summed E-state index contributed by atoms with van der Waals surface area (Å²) in [6.07, 6.45) is 7.43. The standard InChI is InChI=1S/C20H24NS.HI/c1-14-11-15(13-20(2,3)12-14)16-7-6-10-21-17-8-4-5-9-18(17)22-19(16)21;/h4-5,8-9,11H,6-7,10,12-13H2,1-3H3;1H/q+1;/p-1/b16-15-;. The first-order valence-electron chi connectivity index (χ1n) is 8.34. The Morgan fingerprint density at radius 3 is 2.70 bits per heavy atom. The van der Waals surface area contributed by atoms with E-state index in [0.29, 0.717) is 5.41 Å². The molecule has 0 radical (unpaired) electrons. The van der Waals surface area contributed by atoms with Gasteiger partial charge in [0.15, 0.2) is 6.54 Å². The van der Waals surface area contributed by atoms with Gasteiger partial charge < -0.3 is 24.0 Å². The molecule has 2 aliphatic rings. The van der Waals surface area contributed by atoms with E-state index in [0.717, 1.165) is 0 Å². The monoisotopic (exact) mass is 437 g/mol. The van der Waals surface area contributed by atoms with Crippen LogP contribution in [0.3, 0.4) is 0 Å². The normalized spacial score (nSPS) is 23.2. The van der Waals surface area contributed by atoms with Gasteiger partial charge in [-0.3, -0.25) is 0 Å². The van der Waals surface area contributed by atoms with Crippen LogP contribution in [0, 0.1) is 5.41 Å².